The van der Waals surface area contributed by atoms with Crippen LogP contribution in [0.25, 0.3) is 0 Å². The first kappa shape index (κ1) is 40.9. The first-order chi connectivity index (χ1) is 19.6. The van der Waals surface area contributed by atoms with Crippen molar-refractivity contribution in [1.82, 2.24) is 5.32 Å². The molecule has 1 N–H and O–H groups in total. The molecule has 0 aromatic rings. The molecule has 0 rings (SSSR count). The van der Waals surface area contributed by atoms with Gasteiger partial charge < -0.3 is 23.7 Å². The second kappa shape index (κ2) is 27.4. The van der Waals surface area contributed by atoms with Gasteiger partial charge in [-0.15, -0.1) is 0 Å². The predicted molar refractivity (Wildman–Crippen MR) is 175 cm³/mol. The van der Waals surface area contributed by atoms with Gasteiger partial charge in [0, 0.05) is 12.2 Å². The molecule has 2 atom stereocenters. The van der Waals surface area contributed by atoms with Crippen LogP contribution in [0.1, 0.15) is 142 Å². The number of phosphoric ester groups is 1. The minimum Gasteiger partial charge on any atom is -0.756 e. The third-order valence-electron chi connectivity index (χ3n) is 7.28. The van der Waals surface area contributed by atoms with Gasteiger partial charge in [-0.2, -0.15) is 11.8 Å². The maximum atomic E-state index is 12.5. The number of amides is 1. The summed E-state index contributed by atoms with van der Waals surface area (Å²) in [6.45, 7) is 5.00. The van der Waals surface area contributed by atoms with Crippen molar-refractivity contribution in [1.29, 1.82) is 0 Å². The molecule has 0 saturated carbocycles. The second-order valence-electron chi connectivity index (χ2n) is 12.7. The van der Waals surface area contributed by atoms with Gasteiger partial charge in [0.1, 0.15) is 13.2 Å². The largest absolute Gasteiger partial charge is 0.756 e. The minimum atomic E-state index is -4.41. The van der Waals surface area contributed by atoms with E-state index in [1.807, 2.05) is 21.1 Å². The van der Waals surface area contributed by atoms with Crippen molar-refractivity contribution in [3.63, 3.8) is 0 Å². The zero-order valence-electron chi connectivity index (χ0n) is 27.6. The average molecular weight is 623 g/mol. The number of unbranched alkanes of at least 4 members (excludes halogenated alkanes) is 17. The van der Waals surface area contributed by atoms with Gasteiger partial charge in [-0.1, -0.05) is 123 Å². The molecule has 0 aliphatic rings. The molecule has 0 heterocycles. The molecule has 9 heteroatoms. The van der Waals surface area contributed by atoms with Gasteiger partial charge in [0.2, 0.25) is 5.91 Å². The zero-order valence-corrected chi connectivity index (χ0v) is 29.3. The van der Waals surface area contributed by atoms with Crippen molar-refractivity contribution in [2.24, 2.45) is 0 Å². The van der Waals surface area contributed by atoms with E-state index in [4.69, 9.17) is 9.05 Å². The summed E-state index contributed by atoms with van der Waals surface area (Å²) in [7, 11) is 1.52. The van der Waals surface area contributed by atoms with E-state index in [-0.39, 0.29) is 25.2 Å². The fourth-order valence-corrected chi connectivity index (χ4v) is 6.37. The number of hydrogen-bond acceptors (Lipinski definition) is 6. The fraction of sp³-hybridized carbons (Fsp3) is 0.969. The maximum Gasteiger partial charge on any atom is 0.268 e. The van der Waals surface area contributed by atoms with Crippen molar-refractivity contribution < 1.29 is 27.8 Å². The predicted octanol–water partition coefficient (Wildman–Crippen LogP) is 8.25. The van der Waals surface area contributed by atoms with E-state index in [1.165, 1.54) is 96.3 Å². The number of carbonyl (C=O) groups excluding carboxylic acids is 1. The van der Waals surface area contributed by atoms with E-state index < -0.39 is 7.82 Å². The number of nitrogens with zero attached hydrogens (tertiary/aromatic N) is 1. The summed E-state index contributed by atoms with van der Waals surface area (Å²) in [5, 5.41) is 3.01. The van der Waals surface area contributed by atoms with Crippen LogP contribution in [-0.2, 0) is 18.4 Å². The summed E-state index contributed by atoms with van der Waals surface area (Å²) >= 11 is 1.76. The quantitative estimate of drug-likeness (QED) is 0.0476. The molecule has 0 aliphatic heterocycles. The van der Waals surface area contributed by atoms with E-state index in [0.29, 0.717) is 23.2 Å². The molecule has 0 radical (unpaired) electrons. The van der Waals surface area contributed by atoms with E-state index in [1.54, 1.807) is 11.8 Å². The van der Waals surface area contributed by atoms with Crippen molar-refractivity contribution in [3.05, 3.63) is 0 Å². The third kappa shape index (κ3) is 31.1. The van der Waals surface area contributed by atoms with Crippen molar-refractivity contribution >= 4 is 25.5 Å². The lowest BCUT2D eigenvalue weighted by Crippen LogP contribution is -2.40. The number of phosphoric acid groups is 1. The zero-order chi connectivity index (χ0) is 30.7. The minimum absolute atomic E-state index is 0.0288. The molecule has 0 aromatic carbocycles. The standard InChI is InChI=1S/C32H67N2O5PS/c1-6-8-10-12-13-14-15-16-17-18-19-20-22-24-28-41-30-31(33-32(35)25-23-21-11-9-7-2)29-39-40(36,37)38-27-26-34(3,4)5/h31H,6-30H2,1-5H3,(H-,33,35,36,37)/t31-/m0/s1. The number of nitrogens with one attached hydrogen (secondary N) is 1. The number of carbonyl (C=O) groups is 1. The summed E-state index contributed by atoms with van der Waals surface area (Å²) in [5.41, 5.74) is 0. The van der Waals surface area contributed by atoms with Gasteiger partial charge >= 0.3 is 0 Å². The van der Waals surface area contributed by atoms with Crippen LogP contribution < -0.4 is 10.2 Å². The summed E-state index contributed by atoms with van der Waals surface area (Å²) in [5.74, 6) is 1.62. The number of hydrogen-bond donors (Lipinski definition) is 1. The molecule has 0 aromatic heterocycles. The van der Waals surface area contributed by atoms with Crippen molar-refractivity contribution in [2.45, 2.75) is 148 Å². The molecule has 7 nitrogen and oxygen atoms in total. The second-order valence-corrected chi connectivity index (χ2v) is 15.3. The van der Waals surface area contributed by atoms with E-state index >= 15 is 0 Å². The molecule has 1 amide bonds. The molecule has 0 bridgehead atoms. The van der Waals surface area contributed by atoms with E-state index in [2.05, 4.69) is 19.2 Å². The molecule has 0 aliphatic carbocycles. The fourth-order valence-electron chi connectivity index (χ4n) is 4.59. The molecule has 0 saturated heterocycles. The Morgan fingerprint density at radius 1 is 0.756 bits per heavy atom. The van der Waals surface area contributed by atoms with Crippen LogP contribution in [0, 0.1) is 0 Å². The Morgan fingerprint density at radius 2 is 1.22 bits per heavy atom. The van der Waals surface area contributed by atoms with Gasteiger partial charge in [-0.3, -0.25) is 9.36 Å². The Hall–Kier alpha value is -0.110. The lowest BCUT2D eigenvalue weighted by molar-refractivity contribution is -0.870. The van der Waals surface area contributed by atoms with Gasteiger partial charge in [0.15, 0.2) is 0 Å². The van der Waals surface area contributed by atoms with Crippen LogP contribution in [0.5, 0.6) is 0 Å². The molecule has 246 valence electrons. The van der Waals surface area contributed by atoms with Crippen LogP contribution in [0.3, 0.4) is 0 Å². The summed E-state index contributed by atoms with van der Waals surface area (Å²) in [6, 6.07) is -0.348. The Balaban J connectivity index is 4.18. The Bertz CT molecular complexity index is 648. The highest BCUT2D eigenvalue weighted by Crippen LogP contribution is 2.38. The third-order valence-corrected chi connectivity index (χ3v) is 9.46. The first-order valence-electron chi connectivity index (χ1n) is 16.9. The topological polar surface area (TPSA) is 87.7 Å². The Labute approximate surface area is 258 Å². The molecular formula is C32H67N2O5PS. The number of quaternary nitrogens is 1. The maximum absolute atomic E-state index is 12.5. The summed E-state index contributed by atoms with van der Waals surface area (Å²) in [6.07, 6.45) is 24.7. The Kier molecular flexibility index (Phi) is 27.4. The van der Waals surface area contributed by atoms with Crippen LogP contribution in [0.4, 0.5) is 0 Å². The highest BCUT2D eigenvalue weighted by atomic mass is 32.2. The number of rotatable bonds is 31. The number of thioether (sulfide) groups is 1. The molecule has 0 spiro atoms. The van der Waals surface area contributed by atoms with Crippen LogP contribution in [-0.4, -0.2) is 68.8 Å². The number of likely N-dealkylation sites (N-methyl/N-ethyl adjacent to an activating group) is 1. The van der Waals surface area contributed by atoms with Gasteiger partial charge in [-0.05, 0) is 18.6 Å². The van der Waals surface area contributed by atoms with Crippen LogP contribution in [0.15, 0.2) is 0 Å². The van der Waals surface area contributed by atoms with E-state index in [9.17, 15) is 14.3 Å². The lowest BCUT2D eigenvalue weighted by Gasteiger charge is -2.28. The van der Waals surface area contributed by atoms with Crippen molar-refractivity contribution in [3.8, 4) is 0 Å². The monoisotopic (exact) mass is 622 g/mol. The Morgan fingerprint density at radius 3 is 1.71 bits per heavy atom. The lowest BCUT2D eigenvalue weighted by atomic mass is 10.0. The average Bonchev–Trinajstić information content (AvgIpc) is 2.90. The van der Waals surface area contributed by atoms with Gasteiger partial charge in [-0.25, -0.2) is 0 Å². The molecular weight excluding hydrogens is 555 g/mol. The van der Waals surface area contributed by atoms with E-state index in [0.717, 1.165) is 31.4 Å². The highest BCUT2D eigenvalue weighted by molar-refractivity contribution is 7.99. The first-order valence-corrected chi connectivity index (χ1v) is 19.5. The molecule has 41 heavy (non-hydrogen) atoms. The highest BCUT2D eigenvalue weighted by Gasteiger charge is 2.18. The van der Waals surface area contributed by atoms with Gasteiger partial charge in [0.05, 0.1) is 33.8 Å². The molecule has 1 unspecified atom stereocenters. The smallest absolute Gasteiger partial charge is 0.268 e. The van der Waals surface area contributed by atoms with Crippen molar-refractivity contribution in [2.75, 3.05) is 52.4 Å². The summed E-state index contributed by atoms with van der Waals surface area (Å²) < 4.78 is 23.1. The van der Waals surface area contributed by atoms with Gasteiger partial charge in [0.25, 0.3) is 7.82 Å². The SMILES string of the molecule is CCCCCCCCCCCCCCCCSC[C@H](COP(=O)([O-])OCC[N+](C)(C)C)NC(=O)CCCCCCC. The van der Waals surface area contributed by atoms with Crippen LogP contribution >= 0.6 is 19.6 Å². The summed E-state index contributed by atoms with van der Waals surface area (Å²) in [4.78, 5) is 24.8. The normalized spacial score (nSPS) is 14.2. The molecule has 0 fully saturated rings. The van der Waals surface area contributed by atoms with Crippen LogP contribution in [0.2, 0.25) is 0 Å².